The maximum absolute atomic E-state index is 12.4. The summed E-state index contributed by atoms with van der Waals surface area (Å²) in [4.78, 5) is 27.7. The van der Waals surface area contributed by atoms with Crippen molar-refractivity contribution < 1.29 is 19.2 Å². The van der Waals surface area contributed by atoms with Gasteiger partial charge < -0.3 is 20.3 Å². The molecule has 8 nitrogen and oxygen atoms in total. The molecule has 2 aromatic rings. The second-order valence-corrected chi connectivity index (χ2v) is 7.86. The van der Waals surface area contributed by atoms with Crippen molar-refractivity contribution in [3.63, 3.8) is 0 Å². The number of nitrogens with one attached hydrogen (secondary N) is 2. The molecule has 2 unspecified atom stereocenters. The predicted molar refractivity (Wildman–Crippen MR) is 104 cm³/mol. The Labute approximate surface area is 164 Å². The molecule has 0 bridgehead atoms. The molecule has 0 saturated heterocycles. The van der Waals surface area contributed by atoms with E-state index in [2.05, 4.69) is 20.8 Å². The Bertz CT molecular complexity index is 783. The molecule has 0 aliphatic heterocycles. The van der Waals surface area contributed by atoms with Crippen LogP contribution in [0.4, 0.5) is 4.79 Å². The van der Waals surface area contributed by atoms with E-state index in [-0.39, 0.29) is 17.9 Å². The van der Waals surface area contributed by atoms with Crippen LogP contribution in [-0.4, -0.2) is 33.3 Å². The van der Waals surface area contributed by atoms with Crippen LogP contribution in [0.25, 0.3) is 0 Å². The second kappa shape index (κ2) is 9.34. The number of urea groups is 1. The summed E-state index contributed by atoms with van der Waals surface area (Å²) in [6.45, 7) is 7.68. The van der Waals surface area contributed by atoms with E-state index in [1.165, 1.54) is 0 Å². The topological polar surface area (TPSA) is 117 Å². The number of amides is 2. The van der Waals surface area contributed by atoms with E-state index in [0.717, 1.165) is 5.56 Å². The van der Waals surface area contributed by atoms with E-state index >= 15 is 0 Å². The lowest BCUT2D eigenvalue weighted by Gasteiger charge is -2.20. The first kappa shape index (κ1) is 21.4. The molecule has 152 valence electrons. The van der Waals surface area contributed by atoms with E-state index < -0.39 is 18.0 Å². The van der Waals surface area contributed by atoms with Gasteiger partial charge in [-0.3, -0.25) is 4.79 Å². The zero-order valence-corrected chi connectivity index (χ0v) is 16.7. The van der Waals surface area contributed by atoms with Gasteiger partial charge in [0.25, 0.3) is 0 Å². The summed E-state index contributed by atoms with van der Waals surface area (Å²) in [5.41, 5.74) is 0.777. The zero-order chi connectivity index (χ0) is 20.7. The summed E-state index contributed by atoms with van der Waals surface area (Å²) >= 11 is 0. The minimum absolute atomic E-state index is 0.0219. The molecule has 2 rings (SSSR count). The summed E-state index contributed by atoms with van der Waals surface area (Å²) in [5.74, 6) is -0.000557. The lowest BCUT2D eigenvalue weighted by molar-refractivity contribution is -0.137. The molecule has 1 aromatic carbocycles. The van der Waals surface area contributed by atoms with Gasteiger partial charge in [0.15, 0.2) is 5.82 Å². The standard InChI is InChI=1S/C20H28N4O4/c1-13(17-23-18(24-28-17)20(2,3)4)21-19(27)22-15(10-11-16(25)26)12-14-8-6-5-7-9-14/h5-9,13,15H,10-12H2,1-4H3,(H,25,26)(H2,21,22,27). The molecule has 8 heteroatoms. The largest absolute Gasteiger partial charge is 0.481 e. The van der Waals surface area contributed by atoms with Crippen molar-refractivity contribution in [3.05, 3.63) is 47.6 Å². The van der Waals surface area contributed by atoms with Gasteiger partial charge in [-0.15, -0.1) is 0 Å². The van der Waals surface area contributed by atoms with Gasteiger partial charge in [0.05, 0.1) is 0 Å². The number of nitrogens with zero attached hydrogens (tertiary/aromatic N) is 2. The Morgan fingerprint density at radius 3 is 2.43 bits per heavy atom. The minimum atomic E-state index is -0.894. The number of hydrogen-bond acceptors (Lipinski definition) is 5. The van der Waals surface area contributed by atoms with Gasteiger partial charge in [0.2, 0.25) is 5.89 Å². The number of carbonyl (C=O) groups is 2. The van der Waals surface area contributed by atoms with E-state index in [4.69, 9.17) is 9.63 Å². The van der Waals surface area contributed by atoms with Gasteiger partial charge in [0.1, 0.15) is 6.04 Å². The molecule has 2 amide bonds. The molecule has 0 fully saturated rings. The molecule has 0 radical (unpaired) electrons. The normalized spacial score (nSPS) is 13.6. The smallest absolute Gasteiger partial charge is 0.315 e. The molecule has 3 N–H and O–H groups in total. The van der Waals surface area contributed by atoms with Crippen LogP contribution in [0.2, 0.25) is 0 Å². The van der Waals surface area contributed by atoms with Crippen molar-refractivity contribution in [2.45, 2.75) is 64.5 Å². The van der Waals surface area contributed by atoms with Crippen LogP contribution < -0.4 is 10.6 Å². The number of aromatic nitrogens is 2. The molecule has 0 aliphatic carbocycles. The van der Waals surface area contributed by atoms with Crippen LogP contribution in [0.1, 0.15) is 63.9 Å². The van der Waals surface area contributed by atoms with Gasteiger partial charge in [-0.05, 0) is 25.3 Å². The quantitative estimate of drug-likeness (QED) is 0.639. The molecule has 0 saturated carbocycles. The van der Waals surface area contributed by atoms with E-state index in [1.807, 2.05) is 51.1 Å². The van der Waals surface area contributed by atoms with E-state index in [9.17, 15) is 9.59 Å². The Balaban J connectivity index is 1.97. The summed E-state index contributed by atoms with van der Waals surface area (Å²) in [5, 5.41) is 18.6. The number of rotatable bonds is 8. The highest BCUT2D eigenvalue weighted by Gasteiger charge is 2.24. The first-order valence-electron chi connectivity index (χ1n) is 9.32. The summed E-state index contributed by atoms with van der Waals surface area (Å²) < 4.78 is 5.25. The van der Waals surface area contributed by atoms with Crippen LogP contribution in [0.5, 0.6) is 0 Å². The first-order valence-corrected chi connectivity index (χ1v) is 9.32. The van der Waals surface area contributed by atoms with Crippen molar-refractivity contribution in [3.8, 4) is 0 Å². The Morgan fingerprint density at radius 2 is 1.86 bits per heavy atom. The fraction of sp³-hybridized carbons (Fsp3) is 0.500. The number of carboxylic acid groups (broad SMARTS) is 1. The van der Waals surface area contributed by atoms with E-state index in [1.54, 1.807) is 6.92 Å². The SMILES string of the molecule is CC(NC(=O)NC(CCC(=O)O)Cc1ccccc1)c1nc(C(C)(C)C)no1. The molecule has 2 atom stereocenters. The lowest BCUT2D eigenvalue weighted by Crippen LogP contribution is -2.44. The van der Waals surface area contributed by atoms with Crippen LogP contribution >= 0.6 is 0 Å². The van der Waals surface area contributed by atoms with Gasteiger partial charge in [-0.25, -0.2) is 4.79 Å². The molecule has 28 heavy (non-hydrogen) atoms. The van der Waals surface area contributed by atoms with Crippen LogP contribution in [0, 0.1) is 0 Å². The molecule has 0 aliphatic rings. The average molecular weight is 388 g/mol. The molecular formula is C20H28N4O4. The number of carbonyl (C=O) groups excluding carboxylic acids is 1. The number of benzene rings is 1. The van der Waals surface area contributed by atoms with Crippen molar-refractivity contribution in [1.29, 1.82) is 0 Å². The highest BCUT2D eigenvalue weighted by Crippen LogP contribution is 2.20. The number of carboxylic acids is 1. The fourth-order valence-corrected chi connectivity index (χ4v) is 2.62. The second-order valence-electron chi connectivity index (χ2n) is 7.86. The van der Waals surface area contributed by atoms with Gasteiger partial charge >= 0.3 is 12.0 Å². The highest BCUT2D eigenvalue weighted by atomic mass is 16.5. The van der Waals surface area contributed by atoms with Crippen molar-refractivity contribution >= 4 is 12.0 Å². The Kier molecular flexibility index (Phi) is 7.14. The third-order valence-electron chi connectivity index (χ3n) is 4.20. The molecular weight excluding hydrogens is 360 g/mol. The number of hydrogen-bond donors (Lipinski definition) is 3. The summed E-state index contributed by atoms with van der Waals surface area (Å²) in [7, 11) is 0. The molecule has 1 aromatic heterocycles. The van der Waals surface area contributed by atoms with Crippen LogP contribution in [0.3, 0.4) is 0 Å². The van der Waals surface area contributed by atoms with Gasteiger partial charge in [0, 0.05) is 17.9 Å². The first-order chi connectivity index (χ1) is 13.1. The highest BCUT2D eigenvalue weighted by molar-refractivity contribution is 5.74. The lowest BCUT2D eigenvalue weighted by atomic mass is 9.96. The van der Waals surface area contributed by atoms with E-state index in [0.29, 0.717) is 24.6 Å². The van der Waals surface area contributed by atoms with Crippen LogP contribution in [0.15, 0.2) is 34.9 Å². The maximum Gasteiger partial charge on any atom is 0.315 e. The predicted octanol–water partition coefficient (Wildman–Crippen LogP) is 3.20. The molecule has 0 spiro atoms. The fourth-order valence-electron chi connectivity index (χ4n) is 2.62. The van der Waals surface area contributed by atoms with Crippen molar-refractivity contribution in [2.75, 3.05) is 0 Å². The van der Waals surface area contributed by atoms with Crippen molar-refractivity contribution in [1.82, 2.24) is 20.8 Å². The molecule has 1 heterocycles. The average Bonchev–Trinajstić information content (AvgIpc) is 3.11. The zero-order valence-electron chi connectivity index (χ0n) is 16.7. The summed E-state index contributed by atoms with van der Waals surface area (Å²) in [6.07, 6.45) is 0.858. The number of aliphatic carboxylic acids is 1. The van der Waals surface area contributed by atoms with Crippen LogP contribution in [-0.2, 0) is 16.6 Å². The minimum Gasteiger partial charge on any atom is -0.481 e. The maximum atomic E-state index is 12.4. The van der Waals surface area contributed by atoms with Crippen molar-refractivity contribution in [2.24, 2.45) is 0 Å². The monoisotopic (exact) mass is 388 g/mol. The van der Waals surface area contributed by atoms with Gasteiger partial charge in [-0.1, -0.05) is 56.3 Å². The Morgan fingerprint density at radius 1 is 1.18 bits per heavy atom. The third-order valence-corrected chi connectivity index (χ3v) is 4.20. The summed E-state index contributed by atoms with van der Waals surface area (Å²) in [6, 6.07) is 8.44. The third kappa shape index (κ3) is 6.68. The van der Waals surface area contributed by atoms with Gasteiger partial charge in [-0.2, -0.15) is 4.98 Å². The Hall–Kier alpha value is -2.90.